The molecule has 0 aliphatic heterocycles. The van der Waals surface area contributed by atoms with Crippen molar-refractivity contribution in [3.8, 4) is 0 Å². The van der Waals surface area contributed by atoms with E-state index in [1.807, 2.05) is 6.92 Å². The van der Waals surface area contributed by atoms with E-state index >= 15 is 0 Å². The number of nitrogens with zero attached hydrogens (tertiary/aromatic N) is 3. The highest BCUT2D eigenvalue weighted by atomic mass is 16.4. The van der Waals surface area contributed by atoms with Crippen molar-refractivity contribution in [1.29, 1.82) is 0 Å². The number of hydrogen-bond donors (Lipinski definition) is 1. The smallest absolute Gasteiger partial charge is 0.308 e. The van der Waals surface area contributed by atoms with Gasteiger partial charge in [-0.25, -0.2) is 0 Å². The SMILES string of the molecule is CCN(CC(C)C(=O)O)C(=O)Cn1cccn1. The van der Waals surface area contributed by atoms with Crippen molar-refractivity contribution in [2.24, 2.45) is 5.92 Å². The van der Waals surface area contributed by atoms with Crippen molar-refractivity contribution >= 4 is 11.9 Å². The van der Waals surface area contributed by atoms with Gasteiger partial charge in [-0.05, 0) is 13.0 Å². The predicted octanol–water partition coefficient (Wildman–Crippen LogP) is 0.452. The molecule has 1 aromatic heterocycles. The van der Waals surface area contributed by atoms with E-state index in [1.165, 1.54) is 9.58 Å². The third kappa shape index (κ3) is 3.90. The summed E-state index contributed by atoms with van der Waals surface area (Å²) < 4.78 is 1.52. The minimum atomic E-state index is -0.893. The zero-order chi connectivity index (χ0) is 12.8. The molecule has 1 heterocycles. The lowest BCUT2D eigenvalue weighted by Crippen LogP contribution is -2.38. The number of amides is 1. The van der Waals surface area contributed by atoms with Gasteiger partial charge in [-0.1, -0.05) is 6.92 Å². The van der Waals surface area contributed by atoms with Crippen molar-refractivity contribution in [1.82, 2.24) is 14.7 Å². The Balaban J connectivity index is 2.55. The summed E-state index contributed by atoms with van der Waals surface area (Å²) in [5.41, 5.74) is 0. The monoisotopic (exact) mass is 239 g/mol. The molecule has 0 bridgehead atoms. The van der Waals surface area contributed by atoms with Crippen molar-refractivity contribution in [3.05, 3.63) is 18.5 Å². The molecule has 0 saturated carbocycles. The van der Waals surface area contributed by atoms with Crippen LogP contribution in [-0.4, -0.2) is 44.8 Å². The van der Waals surface area contributed by atoms with Gasteiger partial charge in [0.25, 0.3) is 0 Å². The summed E-state index contributed by atoms with van der Waals surface area (Å²) in [6.45, 7) is 4.29. The molecule has 1 amide bonds. The van der Waals surface area contributed by atoms with Gasteiger partial charge < -0.3 is 10.0 Å². The maximum Gasteiger partial charge on any atom is 0.308 e. The van der Waals surface area contributed by atoms with E-state index in [-0.39, 0.29) is 19.0 Å². The highest BCUT2D eigenvalue weighted by molar-refractivity contribution is 5.77. The highest BCUT2D eigenvalue weighted by Gasteiger charge is 2.19. The minimum absolute atomic E-state index is 0.121. The number of aromatic nitrogens is 2. The fourth-order valence-corrected chi connectivity index (χ4v) is 1.45. The minimum Gasteiger partial charge on any atom is -0.481 e. The largest absolute Gasteiger partial charge is 0.481 e. The van der Waals surface area contributed by atoms with Crippen LogP contribution >= 0.6 is 0 Å². The Hall–Kier alpha value is -1.85. The number of likely N-dealkylation sites (N-methyl/N-ethyl adjacent to an activating group) is 1. The topological polar surface area (TPSA) is 75.4 Å². The molecule has 0 aromatic carbocycles. The van der Waals surface area contributed by atoms with Crippen LogP contribution in [0.4, 0.5) is 0 Å². The first-order valence-corrected chi connectivity index (χ1v) is 5.52. The number of aliphatic carboxylic acids is 1. The lowest BCUT2D eigenvalue weighted by Gasteiger charge is -2.22. The average molecular weight is 239 g/mol. The number of carbonyl (C=O) groups excluding carboxylic acids is 1. The van der Waals surface area contributed by atoms with Crippen LogP contribution < -0.4 is 0 Å². The normalized spacial score (nSPS) is 12.1. The summed E-state index contributed by atoms with van der Waals surface area (Å²) in [7, 11) is 0. The zero-order valence-electron chi connectivity index (χ0n) is 10.0. The number of carboxylic acid groups (broad SMARTS) is 1. The Morgan fingerprint density at radius 1 is 1.53 bits per heavy atom. The van der Waals surface area contributed by atoms with Gasteiger partial charge in [0.1, 0.15) is 6.54 Å². The maximum atomic E-state index is 11.9. The summed E-state index contributed by atoms with van der Waals surface area (Å²) in [4.78, 5) is 24.1. The van der Waals surface area contributed by atoms with Gasteiger partial charge in [0.2, 0.25) is 5.91 Å². The van der Waals surface area contributed by atoms with Crippen LogP contribution in [0, 0.1) is 5.92 Å². The molecule has 0 aliphatic carbocycles. The summed E-state index contributed by atoms with van der Waals surface area (Å²) in [5, 5.41) is 12.7. The molecule has 6 nitrogen and oxygen atoms in total. The molecule has 1 unspecified atom stereocenters. The lowest BCUT2D eigenvalue weighted by molar-refractivity contribution is -0.143. The van der Waals surface area contributed by atoms with Gasteiger partial charge in [0.15, 0.2) is 0 Å². The van der Waals surface area contributed by atoms with E-state index in [0.29, 0.717) is 6.54 Å². The summed E-state index contributed by atoms with van der Waals surface area (Å²) in [5.74, 6) is -1.57. The molecule has 0 spiro atoms. The average Bonchev–Trinajstić information content (AvgIpc) is 2.77. The Kier molecular flexibility index (Phi) is 4.68. The number of rotatable bonds is 6. The van der Waals surface area contributed by atoms with Crippen LogP contribution in [0.5, 0.6) is 0 Å². The molecule has 0 fully saturated rings. The lowest BCUT2D eigenvalue weighted by atomic mass is 10.1. The van der Waals surface area contributed by atoms with Gasteiger partial charge in [-0.2, -0.15) is 5.10 Å². The number of carboxylic acids is 1. The third-order valence-electron chi connectivity index (χ3n) is 2.51. The van der Waals surface area contributed by atoms with E-state index in [2.05, 4.69) is 5.10 Å². The van der Waals surface area contributed by atoms with Crippen LogP contribution in [0.15, 0.2) is 18.5 Å². The molecule has 0 radical (unpaired) electrons. The van der Waals surface area contributed by atoms with E-state index in [9.17, 15) is 9.59 Å². The van der Waals surface area contributed by atoms with E-state index in [0.717, 1.165) is 0 Å². The molecule has 1 aromatic rings. The highest BCUT2D eigenvalue weighted by Crippen LogP contribution is 2.02. The van der Waals surface area contributed by atoms with Gasteiger partial charge in [0.05, 0.1) is 5.92 Å². The molecule has 94 valence electrons. The molecular formula is C11H17N3O3. The Labute approximate surface area is 99.8 Å². The fraction of sp³-hybridized carbons (Fsp3) is 0.545. The molecular weight excluding hydrogens is 222 g/mol. The molecule has 1 rings (SSSR count). The second-order valence-corrected chi connectivity index (χ2v) is 3.88. The van der Waals surface area contributed by atoms with Crippen molar-refractivity contribution < 1.29 is 14.7 Å². The summed E-state index contributed by atoms with van der Waals surface area (Å²) in [6, 6.07) is 1.74. The van der Waals surface area contributed by atoms with Crippen molar-refractivity contribution in [3.63, 3.8) is 0 Å². The fourth-order valence-electron chi connectivity index (χ4n) is 1.45. The standard InChI is InChI=1S/C11H17N3O3/c1-3-13(7-9(2)11(16)17)10(15)8-14-6-4-5-12-14/h4-6,9H,3,7-8H2,1-2H3,(H,16,17). The molecule has 0 aliphatic rings. The van der Waals surface area contributed by atoms with Crippen LogP contribution in [0.25, 0.3) is 0 Å². The second kappa shape index (κ2) is 6.03. The first-order chi connectivity index (χ1) is 8.04. The first kappa shape index (κ1) is 13.2. The van der Waals surface area contributed by atoms with Gasteiger partial charge in [-0.15, -0.1) is 0 Å². The molecule has 1 atom stereocenters. The van der Waals surface area contributed by atoms with Gasteiger partial charge >= 0.3 is 5.97 Å². The number of hydrogen-bond acceptors (Lipinski definition) is 3. The molecule has 1 N–H and O–H groups in total. The maximum absolute atomic E-state index is 11.9. The summed E-state index contributed by atoms with van der Waals surface area (Å²) >= 11 is 0. The quantitative estimate of drug-likeness (QED) is 0.782. The summed E-state index contributed by atoms with van der Waals surface area (Å²) in [6.07, 6.45) is 3.30. The van der Waals surface area contributed by atoms with Crippen LogP contribution in [0.3, 0.4) is 0 Å². The Morgan fingerprint density at radius 3 is 2.71 bits per heavy atom. The van der Waals surface area contributed by atoms with E-state index in [4.69, 9.17) is 5.11 Å². The van der Waals surface area contributed by atoms with Crippen molar-refractivity contribution in [2.75, 3.05) is 13.1 Å². The van der Waals surface area contributed by atoms with Crippen molar-refractivity contribution in [2.45, 2.75) is 20.4 Å². The van der Waals surface area contributed by atoms with Gasteiger partial charge in [0, 0.05) is 25.5 Å². The molecule has 17 heavy (non-hydrogen) atoms. The number of carbonyl (C=O) groups is 2. The van der Waals surface area contributed by atoms with E-state index < -0.39 is 11.9 Å². The Morgan fingerprint density at radius 2 is 2.24 bits per heavy atom. The molecule has 0 saturated heterocycles. The van der Waals surface area contributed by atoms with Crippen LogP contribution in [0.1, 0.15) is 13.8 Å². The van der Waals surface area contributed by atoms with Gasteiger partial charge in [-0.3, -0.25) is 14.3 Å². The van der Waals surface area contributed by atoms with E-state index in [1.54, 1.807) is 25.4 Å². The van der Waals surface area contributed by atoms with Crippen LogP contribution in [-0.2, 0) is 16.1 Å². The zero-order valence-corrected chi connectivity index (χ0v) is 10.0. The molecule has 6 heteroatoms. The first-order valence-electron chi connectivity index (χ1n) is 5.52. The predicted molar refractivity (Wildman–Crippen MR) is 61.3 cm³/mol. The Bertz CT molecular complexity index is 375. The van der Waals surface area contributed by atoms with Crippen LogP contribution in [0.2, 0.25) is 0 Å². The second-order valence-electron chi connectivity index (χ2n) is 3.88. The third-order valence-corrected chi connectivity index (χ3v) is 2.51.